The Bertz CT molecular complexity index is 1160. The average Bonchev–Trinajstić information content (AvgIpc) is 2.81. The largest absolute Gasteiger partial charge is 0.368 e. The minimum atomic E-state index is -0.500. The number of hydrogen-bond acceptors (Lipinski definition) is 7. The van der Waals surface area contributed by atoms with E-state index in [1.165, 1.54) is 29.1 Å². The van der Waals surface area contributed by atoms with E-state index in [0.717, 1.165) is 5.56 Å². The first-order chi connectivity index (χ1) is 15.4. The number of hydrogen-bond donors (Lipinski definition) is 0. The second-order valence-corrected chi connectivity index (χ2v) is 7.60. The van der Waals surface area contributed by atoms with Gasteiger partial charge in [0.1, 0.15) is 18.5 Å². The Labute approximate surface area is 184 Å². The summed E-state index contributed by atoms with van der Waals surface area (Å²) >= 11 is 0. The van der Waals surface area contributed by atoms with Crippen LogP contribution in [0.2, 0.25) is 0 Å². The Morgan fingerprint density at radius 2 is 2.03 bits per heavy atom. The molecule has 0 saturated carbocycles. The second-order valence-electron chi connectivity index (χ2n) is 7.60. The van der Waals surface area contributed by atoms with E-state index in [4.69, 9.17) is 4.74 Å². The number of benzene rings is 1. The van der Waals surface area contributed by atoms with Crippen LogP contribution in [0.3, 0.4) is 0 Å². The summed E-state index contributed by atoms with van der Waals surface area (Å²) in [6, 6.07) is 7.68. The molecule has 0 unspecified atom stereocenters. The van der Waals surface area contributed by atoms with Crippen molar-refractivity contribution in [2.45, 2.75) is 12.6 Å². The van der Waals surface area contributed by atoms with Gasteiger partial charge in [0.15, 0.2) is 0 Å². The van der Waals surface area contributed by atoms with Gasteiger partial charge in [-0.3, -0.25) is 9.36 Å². The Balaban J connectivity index is 1.62. The lowest BCUT2D eigenvalue weighted by atomic mass is 10.0. The third-order valence-electron chi connectivity index (χ3n) is 5.17. The Morgan fingerprint density at radius 1 is 1.25 bits per heavy atom. The van der Waals surface area contributed by atoms with Crippen molar-refractivity contribution in [3.8, 4) is 11.1 Å². The van der Waals surface area contributed by atoms with Crippen molar-refractivity contribution in [2.75, 3.05) is 38.7 Å². The summed E-state index contributed by atoms with van der Waals surface area (Å²) < 4.78 is 20.7. The van der Waals surface area contributed by atoms with Gasteiger partial charge in [-0.15, -0.1) is 0 Å². The zero-order valence-corrected chi connectivity index (χ0v) is 17.8. The van der Waals surface area contributed by atoms with Crippen molar-refractivity contribution in [3.05, 3.63) is 70.9 Å². The standard InChI is InChI=1S/C22H23FN6O3/c1-27(2)21-25-12-17(15-4-6-16(23)7-5-15)20(26-21)18-13-28(10-11-32-18)19(30)14-29-9-3-8-24-22(29)31/h3-9,12,18H,10-11,13-14H2,1-2H3/t18-/m1/s1. The van der Waals surface area contributed by atoms with Crippen LogP contribution >= 0.6 is 0 Å². The van der Waals surface area contributed by atoms with E-state index in [0.29, 0.717) is 30.4 Å². The van der Waals surface area contributed by atoms with Gasteiger partial charge in [-0.1, -0.05) is 12.1 Å². The summed E-state index contributed by atoms with van der Waals surface area (Å²) in [5.41, 5.74) is 1.60. The average molecular weight is 438 g/mol. The first kappa shape index (κ1) is 21.6. The molecule has 9 nitrogen and oxygen atoms in total. The maximum absolute atomic E-state index is 13.4. The molecule has 0 N–H and O–H groups in total. The summed E-state index contributed by atoms with van der Waals surface area (Å²) in [5.74, 6) is -0.0455. The highest BCUT2D eigenvalue weighted by Crippen LogP contribution is 2.31. The molecule has 3 aromatic rings. The number of carbonyl (C=O) groups is 1. The number of aromatic nitrogens is 4. The lowest BCUT2D eigenvalue weighted by molar-refractivity contribution is -0.139. The van der Waals surface area contributed by atoms with Crippen molar-refractivity contribution in [1.29, 1.82) is 0 Å². The van der Waals surface area contributed by atoms with Gasteiger partial charge in [0, 0.05) is 44.8 Å². The molecule has 32 heavy (non-hydrogen) atoms. The molecule has 166 valence electrons. The lowest BCUT2D eigenvalue weighted by Crippen LogP contribution is -2.45. The number of anilines is 1. The van der Waals surface area contributed by atoms with Crippen LogP contribution in [0.25, 0.3) is 11.1 Å². The molecule has 4 rings (SSSR count). The fraction of sp³-hybridized carbons (Fsp3) is 0.318. The molecule has 1 fully saturated rings. The number of nitrogens with zero attached hydrogens (tertiary/aromatic N) is 6. The van der Waals surface area contributed by atoms with E-state index in [2.05, 4.69) is 15.0 Å². The first-order valence-electron chi connectivity index (χ1n) is 10.1. The fourth-order valence-electron chi connectivity index (χ4n) is 3.49. The van der Waals surface area contributed by atoms with Crippen molar-refractivity contribution in [3.63, 3.8) is 0 Å². The quantitative estimate of drug-likeness (QED) is 0.596. The van der Waals surface area contributed by atoms with Crippen molar-refractivity contribution < 1.29 is 13.9 Å². The molecule has 2 aromatic heterocycles. The first-order valence-corrected chi connectivity index (χ1v) is 10.1. The van der Waals surface area contributed by atoms with Crippen LogP contribution in [0.4, 0.5) is 10.3 Å². The molecule has 0 spiro atoms. The monoisotopic (exact) mass is 438 g/mol. The van der Waals surface area contributed by atoms with Crippen LogP contribution in [-0.2, 0) is 16.1 Å². The number of morpholine rings is 1. The van der Waals surface area contributed by atoms with E-state index >= 15 is 0 Å². The Kier molecular flexibility index (Phi) is 6.22. The molecular weight excluding hydrogens is 415 g/mol. The lowest BCUT2D eigenvalue weighted by Gasteiger charge is -2.33. The van der Waals surface area contributed by atoms with E-state index < -0.39 is 11.8 Å². The molecule has 0 aliphatic carbocycles. The smallest absolute Gasteiger partial charge is 0.347 e. The van der Waals surface area contributed by atoms with Crippen LogP contribution in [0, 0.1) is 5.82 Å². The summed E-state index contributed by atoms with van der Waals surface area (Å²) in [6.45, 7) is 0.896. The highest BCUT2D eigenvalue weighted by Gasteiger charge is 2.29. The molecule has 3 heterocycles. The van der Waals surface area contributed by atoms with Crippen molar-refractivity contribution in [1.82, 2.24) is 24.4 Å². The van der Waals surface area contributed by atoms with E-state index in [-0.39, 0.29) is 24.8 Å². The van der Waals surface area contributed by atoms with Gasteiger partial charge < -0.3 is 14.5 Å². The number of rotatable bonds is 5. The van der Waals surface area contributed by atoms with Gasteiger partial charge in [0.2, 0.25) is 11.9 Å². The van der Waals surface area contributed by atoms with Crippen LogP contribution in [0.5, 0.6) is 0 Å². The Hall–Kier alpha value is -3.66. The maximum Gasteiger partial charge on any atom is 0.347 e. The summed E-state index contributed by atoms with van der Waals surface area (Å²) in [6.07, 6.45) is 4.11. The van der Waals surface area contributed by atoms with Crippen LogP contribution in [0.1, 0.15) is 11.8 Å². The molecule has 0 radical (unpaired) electrons. The van der Waals surface area contributed by atoms with Crippen molar-refractivity contribution >= 4 is 11.9 Å². The van der Waals surface area contributed by atoms with Crippen LogP contribution in [0.15, 0.2) is 53.7 Å². The molecule has 1 aromatic carbocycles. The maximum atomic E-state index is 13.4. The van der Waals surface area contributed by atoms with Crippen LogP contribution < -0.4 is 10.6 Å². The molecular formula is C22H23FN6O3. The van der Waals surface area contributed by atoms with Gasteiger partial charge in [-0.25, -0.2) is 24.1 Å². The predicted molar refractivity (Wildman–Crippen MR) is 116 cm³/mol. The summed E-state index contributed by atoms with van der Waals surface area (Å²) in [7, 11) is 3.67. The topological polar surface area (TPSA) is 93.5 Å². The number of ether oxygens (including phenoxy) is 1. The molecule has 1 atom stereocenters. The molecule has 0 bridgehead atoms. The van der Waals surface area contributed by atoms with Gasteiger partial charge in [0.25, 0.3) is 0 Å². The van der Waals surface area contributed by atoms with Gasteiger partial charge in [0.05, 0.1) is 18.8 Å². The zero-order valence-electron chi connectivity index (χ0n) is 17.8. The minimum Gasteiger partial charge on any atom is -0.368 e. The second kappa shape index (κ2) is 9.23. The highest BCUT2D eigenvalue weighted by atomic mass is 19.1. The number of halogens is 1. The zero-order chi connectivity index (χ0) is 22.7. The van der Waals surface area contributed by atoms with E-state index in [9.17, 15) is 14.0 Å². The molecule has 1 saturated heterocycles. The van der Waals surface area contributed by atoms with E-state index in [1.807, 2.05) is 14.1 Å². The summed E-state index contributed by atoms with van der Waals surface area (Å²) in [4.78, 5) is 40.9. The van der Waals surface area contributed by atoms with Gasteiger partial charge in [-0.2, -0.15) is 0 Å². The van der Waals surface area contributed by atoms with Crippen LogP contribution in [-0.4, -0.2) is 64.1 Å². The predicted octanol–water partition coefficient (Wildman–Crippen LogP) is 1.51. The summed E-state index contributed by atoms with van der Waals surface area (Å²) in [5, 5.41) is 0. The van der Waals surface area contributed by atoms with E-state index in [1.54, 1.807) is 34.2 Å². The Morgan fingerprint density at radius 3 is 2.75 bits per heavy atom. The normalized spacial score (nSPS) is 16.1. The molecule has 1 aliphatic heterocycles. The molecule has 10 heteroatoms. The highest BCUT2D eigenvalue weighted by molar-refractivity contribution is 5.76. The van der Waals surface area contributed by atoms with Gasteiger partial charge in [-0.05, 0) is 23.8 Å². The SMILES string of the molecule is CN(C)c1ncc(-c2ccc(F)cc2)c([C@H]2CN(C(=O)Cn3cccnc3=O)CCO2)n1. The molecule has 1 aliphatic rings. The fourth-order valence-corrected chi connectivity index (χ4v) is 3.49. The number of carbonyl (C=O) groups excluding carboxylic acids is 1. The molecule has 1 amide bonds. The van der Waals surface area contributed by atoms with Crippen molar-refractivity contribution in [2.24, 2.45) is 0 Å². The third-order valence-corrected chi connectivity index (χ3v) is 5.17. The van der Waals surface area contributed by atoms with Gasteiger partial charge >= 0.3 is 5.69 Å². The third kappa shape index (κ3) is 4.65. The minimum absolute atomic E-state index is 0.100. The number of amides is 1.